The second-order valence-corrected chi connectivity index (χ2v) is 4.83. The first-order valence-corrected chi connectivity index (χ1v) is 6.72. The van der Waals surface area contributed by atoms with Crippen molar-refractivity contribution in [2.45, 2.75) is 26.3 Å². The van der Waals surface area contributed by atoms with Crippen LogP contribution in [0.3, 0.4) is 0 Å². The fourth-order valence-corrected chi connectivity index (χ4v) is 2.18. The molecule has 20 heavy (non-hydrogen) atoms. The number of hydrogen-bond donors (Lipinski definition) is 1. The molecule has 2 aromatic rings. The van der Waals surface area contributed by atoms with Crippen LogP contribution in [0.25, 0.3) is 0 Å². The number of nitrogens with one attached hydrogen (secondary N) is 1. The van der Waals surface area contributed by atoms with Gasteiger partial charge in [-0.3, -0.25) is 4.98 Å². The van der Waals surface area contributed by atoms with E-state index >= 15 is 0 Å². The van der Waals surface area contributed by atoms with Crippen molar-refractivity contribution in [1.29, 1.82) is 0 Å². The second kappa shape index (κ2) is 6.57. The average molecular weight is 276 g/mol. The van der Waals surface area contributed by atoms with E-state index in [4.69, 9.17) is 0 Å². The predicted molar refractivity (Wildman–Crippen MR) is 75.5 cm³/mol. The Hall–Kier alpha value is -1.81. The van der Waals surface area contributed by atoms with Crippen molar-refractivity contribution in [3.8, 4) is 0 Å². The van der Waals surface area contributed by atoms with Gasteiger partial charge in [-0.25, -0.2) is 8.78 Å². The van der Waals surface area contributed by atoms with Gasteiger partial charge in [-0.05, 0) is 37.1 Å². The van der Waals surface area contributed by atoms with Crippen LogP contribution in [-0.4, -0.2) is 11.5 Å². The van der Waals surface area contributed by atoms with E-state index in [9.17, 15) is 8.78 Å². The van der Waals surface area contributed by atoms with Crippen LogP contribution in [-0.2, 0) is 0 Å². The van der Waals surface area contributed by atoms with Gasteiger partial charge in [0.25, 0.3) is 0 Å². The first kappa shape index (κ1) is 14.6. The van der Waals surface area contributed by atoms with Gasteiger partial charge in [-0.1, -0.05) is 25.1 Å². The summed E-state index contributed by atoms with van der Waals surface area (Å²) < 4.78 is 27.5. The van der Waals surface area contributed by atoms with Gasteiger partial charge < -0.3 is 5.32 Å². The van der Waals surface area contributed by atoms with Crippen molar-refractivity contribution >= 4 is 0 Å². The van der Waals surface area contributed by atoms with Crippen LogP contribution in [0.15, 0.2) is 36.7 Å². The number of hydrogen-bond acceptors (Lipinski definition) is 2. The van der Waals surface area contributed by atoms with Gasteiger partial charge in [0.2, 0.25) is 0 Å². The number of pyridine rings is 1. The minimum Gasteiger partial charge on any atom is -0.306 e. The molecule has 0 fully saturated rings. The third-order valence-electron chi connectivity index (χ3n) is 3.12. The zero-order chi connectivity index (χ0) is 14.5. The summed E-state index contributed by atoms with van der Waals surface area (Å²) >= 11 is 0. The van der Waals surface area contributed by atoms with E-state index in [1.54, 1.807) is 18.5 Å². The number of aromatic nitrogens is 1. The molecule has 0 amide bonds. The zero-order valence-corrected chi connectivity index (χ0v) is 11.7. The predicted octanol–water partition coefficient (Wildman–Crippen LogP) is 3.76. The topological polar surface area (TPSA) is 24.9 Å². The van der Waals surface area contributed by atoms with Crippen molar-refractivity contribution in [3.63, 3.8) is 0 Å². The largest absolute Gasteiger partial charge is 0.306 e. The molecule has 0 saturated heterocycles. The first-order valence-electron chi connectivity index (χ1n) is 6.72. The maximum absolute atomic E-state index is 14.0. The maximum atomic E-state index is 14.0. The molecule has 1 aromatic carbocycles. The summed E-state index contributed by atoms with van der Waals surface area (Å²) in [6.45, 7) is 4.67. The van der Waals surface area contributed by atoms with Gasteiger partial charge in [0.05, 0.1) is 6.04 Å². The van der Waals surface area contributed by atoms with Gasteiger partial charge in [-0.15, -0.1) is 0 Å². The van der Waals surface area contributed by atoms with Gasteiger partial charge in [0, 0.05) is 18.0 Å². The molecule has 1 unspecified atom stereocenters. The van der Waals surface area contributed by atoms with E-state index in [1.807, 2.05) is 19.9 Å². The molecule has 2 rings (SSSR count). The van der Waals surface area contributed by atoms with Crippen molar-refractivity contribution in [2.24, 2.45) is 0 Å². The Morgan fingerprint density at radius 2 is 2.05 bits per heavy atom. The number of nitrogens with zero attached hydrogens (tertiary/aromatic N) is 1. The summed E-state index contributed by atoms with van der Waals surface area (Å²) in [5.74, 6) is -1.63. The summed E-state index contributed by atoms with van der Waals surface area (Å²) in [5, 5.41) is 3.25. The van der Waals surface area contributed by atoms with E-state index < -0.39 is 17.7 Å². The standard InChI is InChI=1S/C16H18F2N2/c1-3-7-20-16(12-8-11(2)9-19-10-12)13-5-4-6-14(17)15(13)18/h4-6,8-10,16,20H,3,7H2,1-2H3. The van der Waals surface area contributed by atoms with E-state index in [0.717, 1.165) is 23.6 Å². The van der Waals surface area contributed by atoms with Gasteiger partial charge >= 0.3 is 0 Å². The van der Waals surface area contributed by atoms with E-state index in [1.165, 1.54) is 6.07 Å². The van der Waals surface area contributed by atoms with Crippen LogP contribution in [0.4, 0.5) is 8.78 Å². The molecule has 1 atom stereocenters. The zero-order valence-electron chi connectivity index (χ0n) is 11.7. The lowest BCUT2D eigenvalue weighted by Crippen LogP contribution is -2.24. The lowest BCUT2D eigenvalue weighted by molar-refractivity contribution is 0.480. The fourth-order valence-electron chi connectivity index (χ4n) is 2.18. The minimum atomic E-state index is -0.827. The molecule has 0 radical (unpaired) electrons. The van der Waals surface area contributed by atoms with Crippen LogP contribution < -0.4 is 5.32 Å². The highest BCUT2D eigenvalue weighted by Gasteiger charge is 2.19. The van der Waals surface area contributed by atoms with Crippen molar-refractivity contribution in [3.05, 3.63) is 65.0 Å². The van der Waals surface area contributed by atoms with E-state index in [0.29, 0.717) is 12.1 Å². The summed E-state index contributed by atoms with van der Waals surface area (Å²) in [6.07, 6.45) is 4.33. The molecule has 4 heteroatoms. The molecule has 0 aliphatic rings. The molecule has 1 aromatic heterocycles. The maximum Gasteiger partial charge on any atom is 0.163 e. The highest BCUT2D eigenvalue weighted by molar-refractivity contribution is 5.33. The Balaban J connectivity index is 2.44. The van der Waals surface area contributed by atoms with E-state index in [-0.39, 0.29) is 0 Å². The Kier molecular flexibility index (Phi) is 4.79. The Morgan fingerprint density at radius 3 is 2.75 bits per heavy atom. The second-order valence-electron chi connectivity index (χ2n) is 4.83. The molecule has 0 spiro atoms. The normalized spacial score (nSPS) is 12.4. The molecule has 1 N–H and O–H groups in total. The summed E-state index contributed by atoms with van der Waals surface area (Å²) in [7, 11) is 0. The van der Waals surface area contributed by atoms with Crippen LogP contribution in [0.5, 0.6) is 0 Å². The first-order chi connectivity index (χ1) is 9.63. The quantitative estimate of drug-likeness (QED) is 0.899. The molecular weight excluding hydrogens is 258 g/mol. The Bertz CT molecular complexity index is 584. The fraction of sp³-hybridized carbons (Fsp3) is 0.312. The average Bonchev–Trinajstić information content (AvgIpc) is 2.44. The van der Waals surface area contributed by atoms with Crippen molar-refractivity contribution in [1.82, 2.24) is 10.3 Å². The highest BCUT2D eigenvalue weighted by Crippen LogP contribution is 2.25. The summed E-state index contributed by atoms with van der Waals surface area (Å²) in [6, 6.07) is 5.80. The van der Waals surface area contributed by atoms with E-state index in [2.05, 4.69) is 10.3 Å². The summed E-state index contributed by atoms with van der Waals surface area (Å²) in [5.41, 5.74) is 2.14. The molecule has 0 aliphatic heterocycles. The van der Waals surface area contributed by atoms with Crippen molar-refractivity contribution in [2.75, 3.05) is 6.54 Å². The SMILES string of the molecule is CCCNC(c1cncc(C)c1)c1cccc(F)c1F. The number of benzene rings is 1. The Morgan fingerprint density at radius 1 is 1.25 bits per heavy atom. The minimum absolute atomic E-state index is 0.311. The summed E-state index contributed by atoms with van der Waals surface area (Å²) in [4.78, 5) is 4.13. The third kappa shape index (κ3) is 3.20. The third-order valence-corrected chi connectivity index (χ3v) is 3.12. The number of rotatable bonds is 5. The molecule has 0 aliphatic carbocycles. The molecule has 0 saturated carbocycles. The van der Waals surface area contributed by atoms with Gasteiger partial charge in [0.15, 0.2) is 11.6 Å². The van der Waals surface area contributed by atoms with Crippen LogP contribution >= 0.6 is 0 Å². The number of aryl methyl sites for hydroxylation is 1. The smallest absolute Gasteiger partial charge is 0.163 e. The molecule has 2 nitrogen and oxygen atoms in total. The lowest BCUT2D eigenvalue weighted by Gasteiger charge is -2.20. The molecule has 0 bridgehead atoms. The Labute approximate surface area is 117 Å². The van der Waals surface area contributed by atoms with Gasteiger partial charge in [-0.2, -0.15) is 0 Å². The van der Waals surface area contributed by atoms with Crippen LogP contribution in [0.1, 0.15) is 36.1 Å². The number of halogens is 2. The molecule has 106 valence electrons. The van der Waals surface area contributed by atoms with Gasteiger partial charge in [0.1, 0.15) is 0 Å². The monoisotopic (exact) mass is 276 g/mol. The van der Waals surface area contributed by atoms with Crippen LogP contribution in [0.2, 0.25) is 0 Å². The van der Waals surface area contributed by atoms with Crippen LogP contribution in [0, 0.1) is 18.6 Å². The lowest BCUT2D eigenvalue weighted by atomic mass is 9.98. The molecular formula is C16H18F2N2. The molecule has 1 heterocycles. The van der Waals surface area contributed by atoms with Crippen molar-refractivity contribution < 1.29 is 8.78 Å². The highest BCUT2D eigenvalue weighted by atomic mass is 19.2.